The molecule has 4 unspecified atom stereocenters. The molecule has 4 atom stereocenters. The van der Waals surface area contributed by atoms with Crippen LogP contribution < -0.4 is 0 Å². The fourth-order valence-corrected chi connectivity index (χ4v) is 4.37. The molecule has 0 aliphatic carbocycles. The lowest BCUT2D eigenvalue weighted by Crippen LogP contribution is -2.40. The van der Waals surface area contributed by atoms with Crippen LogP contribution in [0.5, 0.6) is 0 Å². The number of likely N-dealkylation sites (tertiary alicyclic amines) is 1. The minimum absolute atomic E-state index is 0.236. The number of benzene rings is 1. The summed E-state index contributed by atoms with van der Waals surface area (Å²) in [6, 6.07) is 9.76. The molecule has 9 nitrogen and oxygen atoms in total. The van der Waals surface area contributed by atoms with Gasteiger partial charge in [-0.05, 0) is 56.3 Å². The molecule has 36 heavy (non-hydrogen) atoms. The second kappa shape index (κ2) is 14.4. The number of hydrogen-bond donors (Lipinski definition) is 4. The Morgan fingerprint density at radius 1 is 1.14 bits per heavy atom. The van der Waals surface area contributed by atoms with Crippen molar-refractivity contribution in [2.24, 2.45) is 11.8 Å². The van der Waals surface area contributed by atoms with Gasteiger partial charge in [-0.3, -0.25) is 9.78 Å². The predicted molar refractivity (Wildman–Crippen MR) is 136 cm³/mol. The SMILES string of the molecule is C=CC1CN(CCCC)CCC1CCC(=O)c1ccnc2ccccc12.O=C(O)C(O)C(O)C(=O)O. The van der Waals surface area contributed by atoms with Crippen LogP contribution in [0.15, 0.2) is 49.2 Å². The van der Waals surface area contributed by atoms with Gasteiger partial charge >= 0.3 is 11.9 Å². The Labute approximate surface area is 211 Å². The molecule has 1 saturated heterocycles. The van der Waals surface area contributed by atoms with Crippen LogP contribution in [0.1, 0.15) is 49.4 Å². The van der Waals surface area contributed by atoms with Gasteiger partial charge in [0.2, 0.25) is 0 Å². The minimum atomic E-state index is -2.27. The van der Waals surface area contributed by atoms with Crippen LogP contribution in [-0.2, 0) is 9.59 Å². The van der Waals surface area contributed by atoms with Gasteiger partial charge in [0.05, 0.1) is 5.52 Å². The number of carbonyl (C=O) groups excluding carboxylic acids is 1. The van der Waals surface area contributed by atoms with E-state index in [9.17, 15) is 14.4 Å². The van der Waals surface area contributed by atoms with E-state index in [4.69, 9.17) is 20.4 Å². The van der Waals surface area contributed by atoms with E-state index in [-0.39, 0.29) is 5.78 Å². The van der Waals surface area contributed by atoms with Crippen molar-refractivity contribution in [3.8, 4) is 0 Å². The first-order valence-corrected chi connectivity index (χ1v) is 12.2. The van der Waals surface area contributed by atoms with Gasteiger partial charge in [-0.1, -0.05) is 37.6 Å². The molecule has 1 fully saturated rings. The number of Topliss-reactive ketones (excluding diaryl/α,β-unsaturated/α-hetero) is 1. The Morgan fingerprint density at radius 3 is 2.42 bits per heavy atom. The van der Waals surface area contributed by atoms with Crippen LogP contribution in [0.3, 0.4) is 0 Å². The summed E-state index contributed by atoms with van der Waals surface area (Å²) in [6.45, 7) is 9.74. The first-order chi connectivity index (χ1) is 17.2. The van der Waals surface area contributed by atoms with Crippen LogP contribution in [0.2, 0.25) is 0 Å². The molecule has 0 amide bonds. The van der Waals surface area contributed by atoms with E-state index >= 15 is 0 Å². The van der Waals surface area contributed by atoms with Crippen molar-refractivity contribution in [1.82, 2.24) is 9.88 Å². The van der Waals surface area contributed by atoms with Crippen molar-refractivity contribution in [1.29, 1.82) is 0 Å². The fraction of sp³-hybridized carbons (Fsp3) is 0.481. The highest BCUT2D eigenvalue weighted by Gasteiger charge is 2.29. The van der Waals surface area contributed by atoms with Crippen LogP contribution in [0.25, 0.3) is 10.9 Å². The normalized spacial score (nSPS) is 19.5. The Morgan fingerprint density at radius 2 is 1.81 bits per heavy atom. The maximum absolute atomic E-state index is 12.8. The lowest BCUT2D eigenvalue weighted by molar-refractivity contribution is -0.165. The third-order valence-corrected chi connectivity index (χ3v) is 6.52. The van der Waals surface area contributed by atoms with E-state index in [1.165, 1.54) is 25.8 Å². The second-order valence-corrected chi connectivity index (χ2v) is 9.01. The number of para-hydroxylation sites is 1. The summed E-state index contributed by atoms with van der Waals surface area (Å²) < 4.78 is 0. The lowest BCUT2D eigenvalue weighted by atomic mass is 9.81. The Bertz CT molecular complexity index is 1020. The van der Waals surface area contributed by atoms with Crippen LogP contribution in [0.4, 0.5) is 0 Å². The molecule has 3 rings (SSSR count). The van der Waals surface area contributed by atoms with E-state index in [0.717, 1.165) is 36.0 Å². The van der Waals surface area contributed by atoms with Gasteiger partial charge in [0, 0.05) is 30.1 Å². The first-order valence-electron chi connectivity index (χ1n) is 12.2. The maximum Gasteiger partial charge on any atom is 0.335 e. The van der Waals surface area contributed by atoms with E-state index in [1.54, 1.807) is 6.20 Å². The molecule has 1 aliphatic heterocycles. The van der Waals surface area contributed by atoms with Gasteiger partial charge in [-0.15, -0.1) is 6.58 Å². The highest BCUT2D eigenvalue weighted by molar-refractivity contribution is 6.07. The number of carbonyl (C=O) groups is 3. The lowest BCUT2D eigenvalue weighted by Gasteiger charge is -2.37. The zero-order valence-corrected chi connectivity index (χ0v) is 20.6. The molecule has 196 valence electrons. The van der Waals surface area contributed by atoms with Crippen LogP contribution >= 0.6 is 0 Å². The number of rotatable bonds is 11. The number of piperidine rings is 1. The van der Waals surface area contributed by atoms with Gasteiger partial charge in [-0.25, -0.2) is 9.59 Å². The molecule has 0 bridgehead atoms. The largest absolute Gasteiger partial charge is 0.479 e. The number of aliphatic carboxylic acids is 2. The minimum Gasteiger partial charge on any atom is -0.479 e. The smallest absolute Gasteiger partial charge is 0.335 e. The van der Waals surface area contributed by atoms with Crippen LogP contribution in [0, 0.1) is 11.8 Å². The second-order valence-electron chi connectivity index (χ2n) is 9.01. The number of carboxylic acids is 2. The first kappa shape index (κ1) is 29.1. The van der Waals surface area contributed by atoms with Gasteiger partial charge in [0.25, 0.3) is 0 Å². The monoisotopic (exact) mass is 500 g/mol. The predicted octanol–water partition coefficient (Wildman–Crippen LogP) is 3.00. The molecule has 9 heteroatoms. The van der Waals surface area contributed by atoms with Crippen molar-refractivity contribution in [3.63, 3.8) is 0 Å². The summed E-state index contributed by atoms with van der Waals surface area (Å²) in [5.41, 5.74) is 1.71. The quantitative estimate of drug-likeness (QED) is 0.270. The number of pyridine rings is 1. The Hall–Kier alpha value is -3.14. The van der Waals surface area contributed by atoms with Gasteiger partial charge in [0.1, 0.15) is 0 Å². The van der Waals surface area contributed by atoms with Gasteiger partial charge < -0.3 is 25.3 Å². The topological polar surface area (TPSA) is 148 Å². The molecule has 1 aromatic carbocycles. The zero-order valence-electron chi connectivity index (χ0n) is 20.6. The molecule has 0 spiro atoms. The molecule has 2 aromatic rings. The highest BCUT2D eigenvalue weighted by Crippen LogP contribution is 2.30. The third-order valence-electron chi connectivity index (χ3n) is 6.52. The zero-order chi connectivity index (χ0) is 26.7. The molecule has 2 heterocycles. The number of aliphatic hydroxyl groups is 2. The fourth-order valence-electron chi connectivity index (χ4n) is 4.37. The summed E-state index contributed by atoms with van der Waals surface area (Å²) in [4.78, 5) is 39.3. The number of hydrogen-bond acceptors (Lipinski definition) is 7. The average molecular weight is 501 g/mol. The Balaban J connectivity index is 0.000000388. The van der Waals surface area contributed by atoms with Crippen molar-refractivity contribution in [2.45, 2.75) is 51.2 Å². The summed E-state index contributed by atoms with van der Waals surface area (Å²) in [6.07, 6.45) is 4.56. The van der Waals surface area contributed by atoms with E-state index < -0.39 is 24.1 Å². The molecule has 0 radical (unpaired) electrons. The number of nitrogens with zero attached hydrogens (tertiary/aromatic N) is 2. The van der Waals surface area contributed by atoms with E-state index in [1.807, 2.05) is 30.3 Å². The third kappa shape index (κ3) is 8.22. The molecular formula is C27H36N2O7. The molecule has 1 aliphatic rings. The summed E-state index contributed by atoms with van der Waals surface area (Å²) >= 11 is 0. The Kier molecular flexibility index (Phi) is 11.7. The van der Waals surface area contributed by atoms with Crippen LogP contribution in [-0.4, -0.2) is 79.9 Å². The number of fused-ring (bicyclic) bond motifs is 1. The highest BCUT2D eigenvalue weighted by atomic mass is 16.4. The van der Waals surface area contributed by atoms with Crippen molar-refractivity contribution in [3.05, 3.63) is 54.7 Å². The van der Waals surface area contributed by atoms with Gasteiger partial charge in [-0.2, -0.15) is 0 Å². The summed E-state index contributed by atoms with van der Waals surface area (Å²) in [5.74, 6) is -2.23. The number of carboxylic acid groups (broad SMARTS) is 2. The molecule has 4 N–H and O–H groups in total. The van der Waals surface area contributed by atoms with Gasteiger partial charge in [0.15, 0.2) is 18.0 Å². The maximum atomic E-state index is 12.8. The van der Waals surface area contributed by atoms with E-state index in [0.29, 0.717) is 18.3 Å². The average Bonchev–Trinajstić information content (AvgIpc) is 2.89. The summed E-state index contributed by atoms with van der Waals surface area (Å²) in [7, 11) is 0. The summed E-state index contributed by atoms with van der Waals surface area (Å²) in [5, 5.41) is 33.5. The van der Waals surface area contributed by atoms with Crippen molar-refractivity contribution < 1.29 is 34.8 Å². The number of unbranched alkanes of at least 4 members (excludes halogenated alkanes) is 1. The molecular weight excluding hydrogens is 464 g/mol. The van der Waals surface area contributed by atoms with Crippen molar-refractivity contribution in [2.75, 3.05) is 19.6 Å². The number of ketones is 1. The standard InChI is InChI=1S/C23H30N2O.C4H6O6/c1-3-5-15-25-16-13-19(18(4-2)17-25)10-11-23(26)21-12-14-24-22-9-7-6-8-20(21)22;5-1(3(7)8)2(6)4(9)10/h4,6-9,12,14,18-19H,2-3,5,10-11,13,15-17H2,1H3;1-2,5-6H,(H,7,8)(H,9,10). The number of aliphatic hydroxyl groups excluding tert-OH is 2. The van der Waals surface area contributed by atoms with E-state index in [2.05, 4.69) is 29.5 Å². The molecule has 0 saturated carbocycles. The van der Waals surface area contributed by atoms with Crippen molar-refractivity contribution >= 4 is 28.6 Å². The molecule has 1 aromatic heterocycles. The number of aromatic nitrogens is 1.